The zero-order chi connectivity index (χ0) is 12.5. The Kier molecular flexibility index (Phi) is 2.45. The zero-order valence-electron chi connectivity index (χ0n) is 10.00. The summed E-state index contributed by atoms with van der Waals surface area (Å²) < 4.78 is 1.84. The van der Waals surface area contributed by atoms with E-state index in [-0.39, 0.29) is 5.78 Å². The molecule has 0 fully saturated rings. The van der Waals surface area contributed by atoms with Crippen LogP contribution in [-0.2, 0) is 0 Å². The van der Waals surface area contributed by atoms with Crippen molar-refractivity contribution >= 4 is 11.3 Å². The minimum absolute atomic E-state index is 0.0510. The Balaban J connectivity index is 2.19. The van der Waals surface area contributed by atoms with Crippen molar-refractivity contribution in [3.05, 3.63) is 71.8 Å². The molecule has 0 unspecified atom stereocenters. The van der Waals surface area contributed by atoms with Crippen LogP contribution < -0.4 is 0 Å². The third kappa shape index (κ3) is 1.61. The summed E-state index contributed by atoms with van der Waals surface area (Å²) in [5.74, 6) is 0.416. The number of nitrogens with zero attached hydrogens (tertiary/aromatic N) is 2. The first kappa shape index (κ1) is 10.7. The summed E-state index contributed by atoms with van der Waals surface area (Å²) in [5, 5.41) is 0. The summed E-state index contributed by atoms with van der Waals surface area (Å²) in [7, 11) is 0. The molecule has 0 N–H and O–H groups in total. The monoisotopic (exact) mass is 236 g/mol. The Hall–Kier alpha value is -2.42. The van der Waals surface area contributed by atoms with E-state index in [2.05, 4.69) is 4.98 Å². The third-order valence-electron chi connectivity index (χ3n) is 2.97. The largest absolute Gasteiger partial charge is 0.297 e. The van der Waals surface area contributed by atoms with E-state index >= 15 is 0 Å². The van der Waals surface area contributed by atoms with Gasteiger partial charge in [0.05, 0.1) is 11.2 Å². The van der Waals surface area contributed by atoms with E-state index in [0.717, 1.165) is 11.2 Å². The minimum atomic E-state index is -0.0510. The molecule has 3 rings (SSSR count). The lowest BCUT2D eigenvalue weighted by Crippen LogP contribution is -2.06. The molecule has 0 saturated heterocycles. The summed E-state index contributed by atoms with van der Waals surface area (Å²) in [5.41, 5.74) is 2.50. The number of aryl methyl sites for hydroxylation is 1. The molecule has 0 radical (unpaired) electrons. The van der Waals surface area contributed by atoms with E-state index in [1.807, 2.05) is 66.1 Å². The second kappa shape index (κ2) is 4.11. The predicted molar refractivity (Wildman–Crippen MR) is 69.8 cm³/mol. The fourth-order valence-corrected chi connectivity index (χ4v) is 2.07. The molecule has 0 aliphatic rings. The first-order valence-corrected chi connectivity index (χ1v) is 5.81. The zero-order valence-corrected chi connectivity index (χ0v) is 10.00. The number of benzene rings is 1. The van der Waals surface area contributed by atoms with Gasteiger partial charge >= 0.3 is 0 Å². The number of carbonyl (C=O) groups excluding carboxylic acids is 1. The first-order chi connectivity index (χ1) is 8.77. The van der Waals surface area contributed by atoms with Crippen LogP contribution in [0, 0.1) is 6.92 Å². The van der Waals surface area contributed by atoms with Crippen LogP contribution in [0.1, 0.15) is 21.9 Å². The molecule has 2 aromatic heterocycles. The lowest BCUT2D eigenvalue weighted by molar-refractivity contribution is 0.102. The van der Waals surface area contributed by atoms with Crippen molar-refractivity contribution in [2.24, 2.45) is 0 Å². The van der Waals surface area contributed by atoms with Gasteiger partial charge in [0.1, 0.15) is 0 Å². The molecule has 3 heteroatoms. The second-order valence-corrected chi connectivity index (χ2v) is 4.17. The second-order valence-electron chi connectivity index (χ2n) is 4.17. The molecule has 18 heavy (non-hydrogen) atoms. The van der Waals surface area contributed by atoms with Gasteiger partial charge in [-0.05, 0) is 19.1 Å². The van der Waals surface area contributed by atoms with Gasteiger partial charge in [-0.1, -0.05) is 36.4 Å². The molecule has 0 atom stereocenters. The Morgan fingerprint density at radius 3 is 2.56 bits per heavy atom. The molecule has 0 saturated carbocycles. The van der Waals surface area contributed by atoms with Crippen LogP contribution in [0.15, 0.2) is 54.7 Å². The van der Waals surface area contributed by atoms with Gasteiger partial charge in [0.25, 0.3) is 0 Å². The van der Waals surface area contributed by atoms with Crippen LogP contribution in [0.25, 0.3) is 5.52 Å². The standard InChI is InChI=1S/C15H12N2O/c1-11-13-9-5-6-10-17(13)15(16-11)14(18)12-7-3-2-4-8-12/h2-10H,1H3. The van der Waals surface area contributed by atoms with Crippen LogP contribution in [0.3, 0.4) is 0 Å². The number of ketones is 1. The van der Waals surface area contributed by atoms with Crippen molar-refractivity contribution in [3.63, 3.8) is 0 Å². The van der Waals surface area contributed by atoms with Crippen LogP contribution >= 0.6 is 0 Å². The maximum absolute atomic E-state index is 12.4. The molecule has 3 nitrogen and oxygen atoms in total. The van der Waals surface area contributed by atoms with Crippen LogP contribution in [0.5, 0.6) is 0 Å². The minimum Gasteiger partial charge on any atom is -0.297 e. The van der Waals surface area contributed by atoms with Crippen molar-refractivity contribution in [2.45, 2.75) is 6.92 Å². The van der Waals surface area contributed by atoms with Crippen molar-refractivity contribution in [2.75, 3.05) is 0 Å². The van der Waals surface area contributed by atoms with Crippen molar-refractivity contribution in [3.8, 4) is 0 Å². The maximum Gasteiger partial charge on any atom is 0.228 e. The number of carbonyl (C=O) groups is 1. The maximum atomic E-state index is 12.4. The van der Waals surface area contributed by atoms with Crippen LogP contribution in [-0.4, -0.2) is 15.2 Å². The molecule has 3 aromatic rings. The SMILES string of the molecule is Cc1nc(C(=O)c2ccccc2)n2ccccc12. The smallest absolute Gasteiger partial charge is 0.228 e. The van der Waals surface area contributed by atoms with Gasteiger partial charge in [-0.15, -0.1) is 0 Å². The highest BCUT2D eigenvalue weighted by atomic mass is 16.1. The van der Waals surface area contributed by atoms with E-state index in [4.69, 9.17) is 0 Å². The molecular weight excluding hydrogens is 224 g/mol. The van der Waals surface area contributed by atoms with Gasteiger partial charge in [0.15, 0.2) is 5.82 Å². The predicted octanol–water partition coefficient (Wildman–Crippen LogP) is 2.87. The summed E-state index contributed by atoms with van der Waals surface area (Å²) >= 11 is 0. The average molecular weight is 236 g/mol. The Morgan fingerprint density at radius 1 is 1.06 bits per heavy atom. The van der Waals surface area contributed by atoms with Gasteiger partial charge in [0.2, 0.25) is 5.78 Å². The Bertz CT molecular complexity index is 714. The summed E-state index contributed by atoms with van der Waals surface area (Å²) in [6.45, 7) is 1.91. The normalized spacial score (nSPS) is 10.7. The molecule has 88 valence electrons. The van der Waals surface area contributed by atoms with Crippen LogP contribution in [0.4, 0.5) is 0 Å². The van der Waals surface area contributed by atoms with E-state index < -0.39 is 0 Å². The van der Waals surface area contributed by atoms with Gasteiger partial charge in [-0.2, -0.15) is 0 Å². The van der Waals surface area contributed by atoms with Crippen LogP contribution in [0.2, 0.25) is 0 Å². The molecule has 0 amide bonds. The number of hydrogen-bond donors (Lipinski definition) is 0. The number of pyridine rings is 1. The first-order valence-electron chi connectivity index (χ1n) is 5.81. The quantitative estimate of drug-likeness (QED) is 0.641. The molecular formula is C15H12N2O. The molecule has 0 aliphatic carbocycles. The highest BCUT2D eigenvalue weighted by molar-refractivity contribution is 6.07. The molecule has 0 aliphatic heterocycles. The fraction of sp³-hybridized carbons (Fsp3) is 0.0667. The summed E-state index contributed by atoms with van der Waals surface area (Å²) in [6.07, 6.45) is 1.87. The number of fused-ring (bicyclic) bond motifs is 1. The fourth-order valence-electron chi connectivity index (χ4n) is 2.07. The number of hydrogen-bond acceptors (Lipinski definition) is 2. The van der Waals surface area contributed by atoms with Gasteiger partial charge < -0.3 is 0 Å². The van der Waals surface area contributed by atoms with Gasteiger partial charge in [0, 0.05) is 11.8 Å². The van der Waals surface area contributed by atoms with E-state index in [0.29, 0.717) is 11.4 Å². The number of rotatable bonds is 2. The lowest BCUT2D eigenvalue weighted by Gasteiger charge is -2.00. The highest BCUT2D eigenvalue weighted by Gasteiger charge is 2.16. The number of imidazole rings is 1. The average Bonchev–Trinajstić information content (AvgIpc) is 2.77. The molecule has 2 heterocycles. The van der Waals surface area contributed by atoms with E-state index in [9.17, 15) is 4.79 Å². The third-order valence-corrected chi connectivity index (χ3v) is 2.97. The van der Waals surface area contributed by atoms with E-state index in [1.54, 1.807) is 0 Å². The Labute approximate surface area is 105 Å². The topological polar surface area (TPSA) is 34.4 Å². The summed E-state index contributed by atoms with van der Waals surface area (Å²) in [6, 6.07) is 15.0. The number of aromatic nitrogens is 2. The van der Waals surface area contributed by atoms with E-state index in [1.165, 1.54) is 0 Å². The van der Waals surface area contributed by atoms with Crippen molar-refractivity contribution in [1.29, 1.82) is 0 Å². The lowest BCUT2D eigenvalue weighted by atomic mass is 10.1. The van der Waals surface area contributed by atoms with Gasteiger partial charge in [-0.25, -0.2) is 4.98 Å². The molecule has 0 spiro atoms. The Morgan fingerprint density at radius 2 is 1.78 bits per heavy atom. The van der Waals surface area contributed by atoms with Crippen molar-refractivity contribution < 1.29 is 4.79 Å². The molecule has 0 bridgehead atoms. The van der Waals surface area contributed by atoms with Crippen molar-refractivity contribution in [1.82, 2.24) is 9.38 Å². The highest BCUT2D eigenvalue weighted by Crippen LogP contribution is 2.15. The molecule has 1 aromatic carbocycles. The van der Waals surface area contributed by atoms with Gasteiger partial charge in [-0.3, -0.25) is 9.20 Å². The summed E-state index contributed by atoms with van der Waals surface area (Å²) in [4.78, 5) is 16.8.